The Balaban J connectivity index is 1.27. The van der Waals surface area contributed by atoms with Crippen LogP contribution in [0.3, 0.4) is 0 Å². The average Bonchev–Trinajstić information content (AvgIpc) is 3.62. The number of carbonyl (C=O) groups excluding carboxylic acids is 2. The van der Waals surface area contributed by atoms with E-state index in [0.717, 1.165) is 52.0 Å². The van der Waals surface area contributed by atoms with E-state index in [1.165, 1.54) is 20.0 Å². The minimum absolute atomic E-state index is 0.120. The minimum atomic E-state index is -0.384. The molecule has 0 aromatic carbocycles. The third-order valence-electron chi connectivity index (χ3n) is 8.40. The van der Waals surface area contributed by atoms with Crippen molar-refractivity contribution >= 4 is 12.0 Å². The van der Waals surface area contributed by atoms with Gasteiger partial charge in [-0.3, -0.25) is 9.69 Å². The van der Waals surface area contributed by atoms with Crippen LogP contribution in [0.5, 0.6) is 0 Å². The highest BCUT2D eigenvalue weighted by Crippen LogP contribution is 2.58. The lowest BCUT2D eigenvalue weighted by Gasteiger charge is -2.42. The molecule has 2 aliphatic carbocycles. The van der Waals surface area contributed by atoms with Gasteiger partial charge in [-0.2, -0.15) is 0 Å². The molecule has 7 nitrogen and oxygen atoms in total. The summed E-state index contributed by atoms with van der Waals surface area (Å²) in [4.78, 5) is 31.6. The molecule has 0 radical (unpaired) electrons. The summed E-state index contributed by atoms with van der Waals surface area (Å²) in [5, 5.41) is 2.91. The van der Waals surface area contributed by atoms with E-state index in [4.69, 9.17) is 4.74 Å². The molecule has 0 bridgehead atoms. The summed E-state index contributed by atoms with van der Waals surface area (Å²) >= 11 is 0. The lowest BCUT2D eigenvalue weighted by Crippen LogP contribution is -2.51. The van der Waals surface area contributed by atoms with Crippen molar-refractivity contribution < 1.29 is 18.7 Å². The molecule has 4 rings (SSSR count). The minimum Gasteiger partial charge on any atom is -0.453 e. The Bertz CT molecular complexity index is 779. The SMILES string of the molecule is CNC(=O)C1(CC2(CCN3CCN(C4C=CC(F)=CC4)CC3)CC2)CCN(C(=O)OC)CC1. The van der Waals surface area contributed by atoms with Gasteiger partial charge in [0, 0.05) is 52.4 Å². The number of nitrogens with one attached hydrogen (secondary N) is 1. The number of likely N-dealkylation sites (tertiary alicyclic amines) is 1. The van der Waals surface area contributed by atoms with Crippen LogP contribution in [0.25, 0.3) is 0 Å². The molecule has 4 aliphatic rings. The molecular weight excluding hydrogens is 423 g/mol. The Morgan fingerprint density at radius 1 is 1.12 bits per heavy atom. The highest BCUT2D eigenvalue weighted by atomic mass is 19.1. The number of ether oxygens (including phenoxy) is 1. The second-order valence-electron chi connectivity index (χ2n) is 10.4. The summed E-state index contributed by atoms with van der Waals surface area (Å²) < 4.78 is 18.1. The van der Waals surface area contributed by atoms with Gasteiger partial charge in [0.15, 0.2) is 0 Å². The molecule has 1 N–H and O–H groups in total. The van der Waals surface area contributed by atoms with Crippen molar-refractivity contribution in [3.63, 3.8) is 0 Å². The molecule has 1 atom stereocenters. The first-order chi connectivity index (χ1) is 15.9. The summed E-state index contributed by atoms with van der Waals surface area (Å²) in [5.74, 6) is 0.00282. The second-order valence-corrected chi connectivity index (χ2v) is 10.4. The number of rotatable bonds is 7. The molecule has 2 saturated heterocycles. The Kier molecular flexibility index (Phi) is 7.43. The fourth-order valence-electron chi connectivity index (χ4n) is 5.97. The molecule has 1 saturated carbocycles. The molecule has 8 heteroatoms. The predicted molar refractivity (Wildman–Crippen MR) is 125 cm³/mol. The normalized spacial score (nSPS) is 27.1. The van der Waals surface area contributed by atoms with Crippen LogP contribution in [0.1, 0.15) is 44.9 Å². The van der Waals surface area contributed by atoms with Crippen LogP contribution in [0.15, 0.2) is 24.1 Å². The average molecular weight is 463 g/mol. The number of nitrogens with zero attached hydrogens (tertiary/aromatic N) is 3. The Labute approximate surface area is 197 Å². The molecule has 3 fully saturated rings. The maximum absolute atomic E-state index is 13.2. The number of methoxy groups -OCH3 is 1. The van der Waals surface area contributed by atoms with Crippen molar-refractivity contribution in [2.75, 3.05) is 60.0 Å². The van der Waals surface area contributed by atoms with Gasteiger partial charge < -0.3 is 19.9 Å². The Hall–Kier alpha value is -1.93. The van der Waals surface area contributed by atoms with Gasteiger partial charge in [-0.25, -0.2) is 9.18 Å². The van der Waals surface area contributed by atoms with Crippen LogP contribution in [0.2, 0.25) is 0 Å². The van der Waals surface area contributed by atoms with Crippen molar-refractivity contribution in [3.8, 4) is 0 Å². The Morgan fingerprint density at radius 2 is 1.82 bits per heavy atom. The number of hydrogen-bond acceptors (Lipinski definition) is 5. The second kappa shape index (κ2) is 10.1. The predicted octanol–water partition coefficient (Wildman–Crippen LogP) is 2.94. The van der Waals surface area contributed by atoms with Crippen molar-refractivity contribution in [3.05, 3.63) is 24.1 Å². The maximum Gasteiger partial charge on any atom is 0.409 e. The zero-order chi connectivity index (χ0) is 23.5. The van der Waals surface area contributed by atoms with Crippen LogP contribution in [-0.2, 0) is 9.53 Å². The van der Waals surface area contributed by atoms with Gasteiger partial charge >= 0.3 is 6.09 Å². The van der Waals surface area contributed by atoms with E-state index in [1.54, 1.807) is 24.1 Å². The molecule has 2 aliphatic heterocycles. The van der Waals surface area contributed by atoms with Crippen molar-refractivity contribution in [1.29, 1.82) is 0 Å². The van der Waals surface area contributed by atoms with Crippen molar-refractivity contribution in [2.24, 2.45) is 10.8 Å². The largest absolute Gasteiger partial charge is 0.453 e. The summed E-state index contributed by atoms with van der Waals surface area (Å²) in [7, 11) is 3.13. The van der Waals surface area contributed by atoms with E-state index in [0.29, 0.717) is 32.0 Å². The smallest absolute Gasteiger partial charge is 0.409 e. The topological polar surface area (TPSA) is 65.1 Å². The van der Waals surface area contributed by atoms with Gasteiger partial charge in [0.05, 0.1) is 12.5 Å². The first-order valence-electron chi connectivity index (χ1n) is 12.4. The molecule has 0 spiro atoms. The lowest BCUT2D eigenvalue weighted by molar-refractivity contribution is -0.135. The lowest BCUT2D eigenvalue weighted by atomic mass is 9.69. The van der Waals surface area contributed by atoms with Gasteiger partial charge in [0.25, 0.3) is 0 Å². The summed E-state index contributed by atoms with van der Waals surface area (Å²) in [6.45, 7) is 6.34. The third kappa shape index (κ3) is 5.60. The van der Waals surface area contributed by atoms with Crippen LogP contribution in [-0.4, -0.2) is 92.7 Å². The van der Waals surface area contributed by atoms with Crippen LogP contribution in [0.4, 0.5) is 9.18 Å². The van der Waals surface area contributed by atoms with Crippen LogP contribution >= 0.6 is 0 Å². The standard InChI is InChI=1S/C25H39FN4O3/c1-27-22(31)25(10-13-30(14-11-25)23(32)33-2)19-24(7-8-24)9-12-28-15-17-29(18-16-28)21-5-3-20(26)4-6-21/h3-5,21H,6-19H2,1-2H3,(H,27,31). The first-order valence-corrected chi connectivity index (χ1v) is 12.4. The molecule has 0 aromatic rings. The van der Waals surface area contributed by atoms with Gasteiger partial charge in [-0.15, -0.1) is 0 Å². The Morgan fingerprint density at radius 3 is 2.36 bits per heavy atom. The summed E-state index contributed by atoms with van der Waals surface area (Å²) in [6.07, 6.45) is 11.6. The highest BCUT2D eigenvalue weighted by Gasteiger charge is 2.52. The molecule has 2 heterocycles. The van der Waals surface area contributed by atoms with Gasteiger partial charge in [-0.05, 0) is 69.1 Å². The quantitative estimate of drug-likeness (QED) is 0.630. The number of piperazine rings is 1. The van der Waals surface area contributed by atoms with E-state index >= 15 is 0 Å². The van der Waals surface area contributed by atoms with E-state index in [2.05, 4.69) is 15.1 Å². The zero-order valence-corrected chi connectivity index (χ0v) is 20.2. The number of halogens is 1. The van der Waals surface area contributed by atoms with E-state index in [9.17, 15) is 14.0 Å². The van der Waals surface area contributed by atoms with Gasteiger partial charge in [-0.1, -0.05) is 6.08 Å². The molecule has 2 amide bonds. The third-order valence-corrected chi connectivity index (χ3v) is 8.40. The van der Waals surface area contributed by atoms with E-state index < -0.39 is 0 Å². The number of amides is 2. The van der Waals surface area contributed by atoms with Crippen molar-refractivity contribution in [1.82, 2.24) is 20.0 Å². The summed E-state index contributed by atoms with van der Waals surface area (Å²) in [6, 6.07) is 0.324. The molecule has 33 heavy (non-hydrogen) atoms. The van der Waals surface area contributed by atoms with E-state index in [1.807, 2.05) is 6.08 Å². The molecular formula is C25H39FN4O3. The highest BCUT2D eigenvalue weighted by molar-refractivity contribution is 5.83. The number of hydrogen-bond donors (Lipinski definition) is 1. The fraction of sp³-hybridized carbons (Fsp3) is 0.760. The number of piperidine rings is 1. The molecule has 184 valence electrons. The van der Waals surface area contributed by atoms with Crippen molar-refractivity contribution in [2.45, 2.75) is 51.0 Å². The number of carbonyl (C=O) groups is 2. The fourth-order valence-corrected chi connectivity index (χ4v) is 5.97. The van der Waals surface area contributed by atoms with Gasteiger partial charge in [0.2, 0.25) is 5.91 Å². The van der Waals surface area contributed by atoms with E-state index in [-0.39, 0.29) is 28.7 Å². The number of allylic oxidation sites excluding steroid dienone is 2. The summed E-state index contributed by atoms with van der Waals surface area (Å²) in [5.41, 5.74) is -0.129. The van der Waals surface area contributed by atoms with Crippen LogP contribution in [0, 0.1) is 10.8 Å². The first kappa shape index (κ1) is 24.2. The molecule has 0 aromatic heterocycles. The van der Waals surface area contributed by atoms with Crippen LogP contribution < -0.4 is 5.32 Å². The monoisotopic (exact) mass is 462 g/mol. The zero-order valence-electron chi connectivity index (χ0n) is 20.2. The maximum atomic E-state index is 13.2. The molecule has 1 unspecified atom stereocenters. The van der Waals surface area contributed by atoms with Gasteiger partial charge in [0.1, 0.15) is 5.83 Å².